The maximum atomic E-state index is 13.4. The van der Waals surface area contributed by atoms with Gasteiger partial charge in [-0.05, 0) is 32.9 Å². The Morgan fingerprint density at radius 1 is 1.12 bits per heavy atom. The molecule has 2 aliphatic heterocycles. The lowest BCUT2D eigenvalue weighted by Crippen LogP contribution is -2.57. The zero-order chi connectivity index (χ0) is 24.8. The highest BCUT2D eigenvalue weighted by molar-refractivity contribution is 6.01. The van der Waals surface area contributed by atoms with Gasteiger partial charge in [-0.15, -0.1) is 0 Å². The van der Waals surface area contributed by atoms with E-state index in [0.717, 1.165) is 0 Å². The Balaban J connectivity index is 1.90. The van der Waals surface area contributed by atoms with Gasteiger partial charge in [0.25, 0.3) is 5.91 Å². The van der Waals surface area contributed by atoms with Crippen LogP contribution in [0.2, 0.25) is 0 Å². The zero-order valence-corrected chi connectivity index (χ0v) is 19.6. The SMILES string of the molecule is C[C@@H]1CN(C(=O)[C@@H]2CC(=O)N[C@@H]([C@@H](C)O)C(=O)NCCOc3ccccc3C(=O)N2)C[C@H](C)O1. The molecule has 1 aromatic carbocycles. The molecule has 2 aliphatic rings. The average molecular weight is 477 g/mol. The molecule has 1 saturated heterocycles. The topological polar surface area (TPSA) is 146 Å². The van der Waals surface area contributed by atoms with Gasteiger partial charge >= 0.3 is 0 Å². The van der Waals surface area contributed by atoms with Gasteiger partial charge in [-0.25, -0.2) is 0 Å². The lowest BCUT2D eigenvalue weighted by Gasteiger charge is -2.37. The number of nitrogens with one attached hydrogen (secondary N) is 3. The van der Waals surface area contributed by atoms with Gasteiger partial charge in [-0.1, -0.05) is 12.1 Å². The summed E-state index contributed by atoms with van der Waals surface area (Å²) in [5.41, 5.74) is 0.203. The van der Waals surface area contributed by atoms with E-state index >= 15 is 0 Å². The molecule has 186 valence electrons. The Bertz CT molecular complexity index is 912. The number of benzene rings is 1. The molecule has 0 radical (unpaired) electrons. The van der Waals surface area contributed by atoms with E-state index in [4.69, 9.17) is 9.47 Å². The number of ether oxygens (including phenoxy) is 2. The van der Waals surface area contributed by atoms with E-state index in [1.807, 2.05) is 13.8 Å². The van der Waals surface area contributed by atoms with Crippen molar-refractivity contribution in [3.05, 3.63) is 29.8 Å². The number of carbonyl (C=O) groups excluding carboxylic acids is 4. The Morgan fingerprint density at radius 3 is 2.47 bits per heavy atom. The molecule has 0 spiro atoms. The highest BCUT2D eigenvalue weighted by Gasteiger charge is 2.35. The summed E-state index contributed by atoms with van der Waals surface area (Å²) in [6.45, 7) is 5.85. The average Bonchev–Trinajstić information content (AvgIpc) is 2.78. The molecule has 11 heteroatoms. The molecule has 5 atom stereocenters. The van der Waals surface area contributed by atoms with Crippen molar-refractivity contribution in [3.63, 3.8) is 0 Å². The Morgan fingerprint density at radius 2 is 1.79 bits per heavy atom. The van der Waals surface area contributed by atoms with Crippen LogP contribution in [0.4, 0.5) is 0 Å². The summed E-state index contributed by atoms with van der Waals surface area (Å²) in [6, 6.07) is 4.10. The molecular formula is C23H32N4O7. The fraction of sp³-hybridized carbons (Fsp3) is 0.565. The van der Waals surface area contributed by atoms with Crippen LogP contribution in [0.1, 0.15) is 37.6 Å². The normalized spacial score (nSPS) is 27.8. The largest absolute Gasteiger partial charge is 0.491 e. The van der Waals surface area contributed by atoms with Crippen molar-refractivity contribution in [2.45, 2.75) is 57.6 Å². The molecule has 11 nitrogen and oxygen atoms in total. The monoisotopic (exact) mass is 476 g/mol. The van der Waals surface area contributed by atoms with Crippen LogP contribution in [0.25, 0.3) is 0 Å². The number of para-hydroxylation sites is 1. The number of hydrogen-bond donors (Lipinski definition) is 4. The van der Waals surface area contributed by atoms with Crippen LogP contribution in [-0.2, 0) is 19.1 Å². The second kappa shape index (κ2) is 11.3. The van der Waals surface area contributed by atoms with Crippen molar-refractivity contribution in [3.8, 4) is 5.75 Å². The van der Waals surface area contributed by atoms with Crippen molar-refractivity contribution in [1.82, 2.24) is 20.9 Å². The highest BCUT2D eigenvalue weighted by atomic mass is 16.5. The lowest BCUT2D eigenvalue weighted by atomic mass is 10.1. The number of hydrogen-bond acceptors (Lipinski definition) is 7. The van der Waals surface area contributed by atoms with Gasteiger partial charge in [0.15, 0.2) is 0 Å². The molecule has 4 N–H and O–H groups in total. The Labute approximate surface area is 198 Å². The summed E-state index contributed by atoms with van der Waals surface area (Å²) in [5, 5.41) is 17.7. The number of rotatable bonds is 2. The first-order valence-electron chi connectivity index (χ1n) is 11.4. The van der Waals surface area contributed by atoms with Crippen LogP contribution in [0, 0.1) is 0 Å². The summed E-state index contributed by atoms with van der Waals surface area (Å²) < 4.78 is 11.4. The summed E-state index contributed by atoms with van der Waals surface area (Å²) >= 11 is 0. The fourth-order valence-electron chi connectivity index (χ4n) is 4.06. The summed E-state index contributed by atoms with van der Waals surface area (Å²) in [7, 11) is 0. The molecular weight excluding hydrogens is 444 g/mol. The standard InChI is InChI=1S/C23H32N4O7/c1-13-11-27(12-14(2)34-13)23(32)17-10-19(29)26-20(15(3)28)22(31)24-8-9-33-18-7-5-4-6-16(18)21(30)25-17/h4-7,13-15,17,20,28H,8-12H2,1-3H3,(H,24,31)(H,25,30)(H,26,29)/t13-,14+,15-,17+,20+/m1/s1. The quantitative estimate of drug-likeness (QED) is 0.436. The fourth-order valence-corrected chi connectivity index (χ4v) is 4.06. The number of carbonyl (C=O) groups is 4. The Hall–Kier alpha value is -3.18. The zero-order valence-electron chi connectivity index (χ0n) is 19.6. The minimum absolute atomic E-state index is 0.0580. The number of fused-ring (bicyclic) bond motifs is 1. The third-order valence-electron chi connectivity index (χ3n) is 5.60. The predicted octanol–water partition coefficient (Wildman–Crippen LogP) is -0.815. The summed E-state index contributed by atoms with van der Waals surface area (Å²) in [4.78, 5) is 53.4. The van der Waals surface area contributed by atoms with Crippen LogP contribution >= 0.6 is 0 Å². The molecule has 0 saturated carbocycles. The van der Waals surface area contributed by atoms with Crippen molar-refractivity contribution >= 4 is 23.6 Å². The maximum absolute atomic E-state index is 13.4. The molecule has 1 fully saturated rings. The van der Waals surface area contributed by atoms with E-state index in [1.165, 1.54) is 6.92 Å². The smallest absolute Gasteiger partial charge is 0.255 e. The molecule has 0 bridgehead atoms. The van der Waals surface area contributed by atoms with Gasteiger partial charge < -0.3 is 35.4 Å². The summed E-state index contributed by atoms with van der Waals surface area (Å²) in [5.74, 6) is -1.96. The van der Waals surface area contributed by atoms with Crippen molar-refractivity contribution in [1.29, 1.82) is 0 Å². The van der Waals surface area contributed by atoms with E-state index in [2.05, 4.69) is 16.0 Å². The lowest BCUT2D eigenvalue weighted by molar-refractivity contribution is -0.146. The maximum Gasteiger partial charge on any atom is 0.255 e. The van der Waals surface area contributed by atoms with Gasteiger partial charge in [0.2, 0.25) is 17.7 Å². The van der Waals surface area contributed by atoms with Crippen LogP contribution in [0.15, 0.2) is 24.3 Å². The molecule has 0 aromatic heterocycles. The predicted molar refractivity (Wildman–Crippen MR) is 121 cm³/mol. The first kappa shape index (κ1) is 25.4. The number of nitrogens with zero attached hydrogens (tertiary/aromatic N) is 1. The van der Waals surface area contributed by atoms with Crippen LogP contribution in [0.3, 0.4) is 0 Å². The van der Waals surface area contributed by atoms with Crippen LogP contribution in [0.5, 0.6) is 5.75 Å². The minimum Gasteiger partial charge on any atom is -0.491 e. The molecule has 2 heterocycles. The molecule has 4 amide bonds. The van der Waals surface area contributed by atoms with Crippen molar-refractivity contribution < 1.29 is 33.8 Å². The molecule has 34 heavy (non-hydrogen) atoms. The molecule has 0 aliphatic carbocycles. The first-order valence-corrected chi connectivity index (χ1v) is 11.4. The third kappa shape index (κ3) is 6.45. The number of amides is 4. The van der Waals surface area contributed by atoms with Gasteiger partial charge in [-0.2, -0.15) is 0 Å². The van der Waals surface area contributed by atoms with Crippen LogP contribution < -0.4 is 20.7 Å². The van der Waals surface area contributed by atoms with Gasteiger partial charge in [0.05, 0.1) is 36.8 Å². The number of aliphatic hydroxyl groups is 1. The molecule has 0 unspecified atom stereocenters. The van der Waals surface area contributed by atoms with E-state index in [9.17, 15) is 24.3 Å². The Kier molecular flexibility index (Phi) is 8.46. The van der Waals surface area contributed by atoms with E-state index in [1.54, 1.807) is 29.2 Å². The van der Waals surface area contributed by atoms with E-state index in [-0.39, 0.29) is 36.7 Å². The van der Waals surface area contributed by atoms with Crippen molar-refractivity contribution in [2.75, 3.05) is 26.2 Å². The van der Waals surface area contributed by atoms with Crippen molar-refractivity contribution in [2.24, 2.45) is 0 Å². The highest BCUT2D eigenvalue weighted by Crippen LogP contribution is 2.19. The van der Waals surface area contributed by atoms with Gasteiger partial charge in [0.1, 0.15) is 24.4 Å². The third-order valence-corrected chi connectivity index (χ3v) is 5.60. The van der Waals surface area contributed by atoms with E-state index < -0.39 is 48.2 Å². The van der Waals surface area contributed by atoms with E-state index in [0.29, 0.717) is 13.1 Å². The van der Waals surface area contributed by atoms with Gasteiger partial charge in [0, 0.05) is 13.1 Å². The molecule has 1 aromatic rings. The first-order chi connectivity index (χ1) is 16.2. The second-order valence-corrected chi connectivity index (χ2v) is 8.65. The minimum atomic E-state index is -1.22. The number of aliphatic hydroxyl groups excluding tert-OH is 1. The van der Waals surface area contributed by atoms with Gasteiger partial charge in [-0.3, -0.25) is 19.2 Å². The molecule has 3 rings (SSSR count). The second-order valence-electron chi connectivity index (χ2n) is 8.65. The number of morpholine rings is 1. The van der Waals surface area contributed by atoms with Crippen LogP contribution in [-0.4, -0.2) is 90.3 Å². The summed E-state index contributed by atoms with van der Waals surface area (Å²) in [6.07, 6.45) is -1.99.